The van der Waals surface area contributed by atoms with Crippen LogP contribution in [0.3, 0.4) is 0 Å². The van der Waals surface area contributed by atoms with Crippen LogP contribution in [0.15, 0.2) is 0 Å². The number of hydrogen-bond donors (Lipinski definition) is 0. The molecular weight excluding hydrogens is 98.1 g/mol. The fourth-order valence-electron chi connectivity index (χ4n) is 0.454. The lowest BCUT2D eigenvalue weighted by Gasteiger charge is -2.24. The molecule has 0 bridgehead atoms. The lowest BCUT2D eigenvalue weighted by atomic mass is 11.0. The Kier molecular flexibility index (Phi) is 0.935. The fourth-order valence-corrected chi connectivity index (χ4v) is 1.36. The summed E-state index contributed by atoms with van der Waals surface area (Å²) < 4.78 is 10.2. The highest BCUT2D eigenvalue weighted by molar-refractivity contribution is 7.86. The van der Waals surface area contributed by atoms with E-state index >= 15 is 0 Å². The van der Waals surface area contributed by atoms with Gasteiger partial charge in [-0.15, -0.1) is 0 Å². The van der Waals surface area contributed by atoms with Crippen molar-refractivity contribution in [1.29, 1.82) is 0 Å². The van der Waals surface area contributed by atoms with E-state index in [1.54, 1.807) is 0 Å². The van der Waals surface area contributed by atoms with E-state index in [4.69, 9.17) is 0 Å². The highest BCUT2D eigenvalue weighted by atomic mass is 32.2. The van der Waals surface area contributed by atoms with Crippen LogP contribution in [-0.4, -0.2) is 27.9 Å². The Labute approximate surface area is 39.6 Å². The van der Waals surface area contributed by atoms with Crippen molar-refractivity contribution in [2.45, 2.75) is 0 Å². The van der Waals surface area contributed by atoms with Crippen LogP contribution >= 0.6 is 0 Å². The minimum atomic E-state index is -0.496. The van der Waals surface area contributed by atoms with Gasteiger partial charge in [0.1, 0.15) is 0 Å². The highest BCUT2D eigenvalue weighted by Crippen LogP contribution is 2.00. The van der Waals surface area contributed by atoms with Gasteiger partial charge in [-0.05, 0) is 7.05 Å². The van der Waals surface area contributed by atoms with Crippen molar-refractivity contribution < 1.29 is 4.21 Å². The lowest BCUT2D eigenvalue weighted by molar-refractivity contribution is 0.408. The molecule has 0 radical (unpaired) electrons. The van der Waals surface area contributed by atoms with Gasteiger partial charge in [0.15, 0.2) is 0 Å². The average molecular weight is 105 g/mol. The second kappa shape index (κ2) is 1.31. The van der Waals surface area contributed by atoms with Crippen LogP contribution in [-0.2, 0) is 10.8 Å². The quantitative estimate of drug-likeness (QED) is 0.417. The predicted octanol–water partition coefficient (Wildman–Crippen LogP) is -0.404. The first-order chi connectivity index (χ1) is 2.79. The summed E-state index contributed by atoms with van der Waals surface area (Å²) in [5.41, 5.74) is 0. The van der Waals surface area contributed by atoms with Crippen LogP contribution in [0.5, 0.6) is 0 Å². The van der Waals surface area contributed by atoms with Gasteiger partial charge in [-0.3, -0.25) is 9.11 Å². The Morgan fingerprint density at radius 3 is 2.17 bits per heavy atom. The van der Waals surface area contributed by atoms with E-state index in [1.807, 2.05) is 11.9 Å². The molecule has 1 aliphatic heterocycles. The molecule has 0 aromatic carbocycles. The van der Waals surface area contributed by atoms with Crippen LogP contribution in [0.4, 0.5) is 0 Å². The normalized spacial score (nSPS) is 26.8. The molecule has 0 unspecified atom stereocenters. The molecule has 0 saturated carbocycles. The average Bonchev–Trinajstić information content (AvgIpc) is 1.33. The number of rotatable bonds is 0. The molecule has 2 nitrogen and oxygen atoms in total. The molecule has 0 aromatic rings. The molecule has 3 heteroatoms. The summed E-state index contributed by atoms with van der Waals surface area (Å²) >= 11 is 0. The number of nitrogens with zero attached hydrogens (tertiary/aromatic N) is 1. The summed E-state index contributed by atoms with van der Waals surface area (Å²) in [6.45, 7) is 0. The van der Waals surface area contributed by atoms with Gasteiger partial charge in [0, 0.05) is 10.8 Å². The topological polar surface area (TPSA) is 20.3 Å². The number of hydrogen-bond acceptors (Lipinski definition) is 2. The molecule has 36 valence electrons. The van der Waals surface area contributed by atoms with Crippen LogP contribution in [0, 0.1) is 0 Å². The molecule has 1 heterocycles. The van der Waals surface area contributed by atoms with Crippen LogP contribution in [0.1, 0.15) is 0 Å². The Morgan fingerprint density at radius 2 is 2.17 bits per heavy atom. The van der Waals surface area contributed by atoms with E-state index in [2.05, 4.69) is 0 Å². The van der Waals surface area contributed by atoms with Crippen LogP contribution in [0.25, 0.3) is 0 Å². The summed E-state index contributed by atoms with van der Waals surface area (Å²) in [6.07, 6.45) is 0. The summed E-state index contributed by atoms with van der Waals surface area (Å²) in [6, 6.07) is 0. The van der Waals surface area contributed by atoms with Gasteiger partial charge < -0.3 is 0 Å². The van der Waals surface area contributed by atoms with Gasteiger partial charge in [-0.1, -0.05) is 0 Å². The van der Waals surface area contributed by atoms with Gasteiger partial charge in [0.2, 0.25) is 0 Å². The third kappa shape index (κ3) is 0.604. The van der Waals surface area contributed by atoms with Gasteiger partial charge in [0.05, 0.1) is 11.8 Å². The maximum Gasteiger partial charge on any atom is 0.0765 e. The zero-order valence-corrected chi connectivity index (χ0v) is 4.49. The van der Waals surface area contributed by atoms with Crippen molar-refractivity contribution in [3.8, 4) is 0 Å². The minimum absolute atomic E-state index is 0.496. The van der Waals surface area contributed by atoms with Crippen molar-refractivity contribution in [2.75, 3.05) is 18.8 Å². The molecule has 0 aromatic heterocycles. The second-order valence-electron chi connectivity index (χ2n) is 1.55. The van der Waals surface area contributed by atoms with E-state index in [9.17, 15) is 4.21 Å². The molecule has 1 rings (SSSR count). The zero-order valence-electron chi connectivity index (χ0n) is 3.68. The van der Waals surface area contributed by atoms with Crippen molar-refractivity contribution in [3.63, 3.8) is 0 Å². The van der Waals surface area contributed by atoms with Crippen LogP contribution < -0.4 is 0 Å². The molecule has 1 aliphatic rings. The van der Waals surface area contributed by atoms with Crippen LogP contribution in [0.2, 0.25) is 0 Å². The van der Waals surface area contributed by atoms with Crippen molar-refractivity contribution in [3.05, 3.63) is 0 Å². The Bertz CT molecular complexity index is 74.9. The second-order valence-corrected chi connectivity index (χ2v) is 2.95. The Hall–Kier alpha value is 0.110. The van der Waals surface area contributed by atoms with E-state index in [0.717, 1.165) is 11.8 Å². The predicted molar refractivity (Wildman–Crippen MR) is 25.6 cm³/mol. The molecule has 0 N–H and O–H groups in total. The largest absolute Gasteiger partial charge is 0.283 e. The summed E-state index contributed by atoms with van der Waals surface area (Å²) in [5.74, 6) is 1.56. The smallest absolute Gasteiger partial charge is 0.0765 e. The Morgan fingerprint density at radius 1 is 1.67 bits per heavy atom. The Balaban J connectivity index is 2.28. The fraction of sp³-hybridized carbons (Fsp3) is 1.00. The third-order valence-corrected chi connectivity index (χ3v) is 2.19. The van der Waals surface area contributed by atoms with Gasteiger partial charge >= 0.3 is 0 Å². The molecule has 0 spiro atoms. The monoisotopic (exact) mass is 105 g/mol. The molecule has 1 saturated heterocycles. The molecular formula is C3H7NOS. The van der Waals surface area contributed by atoms with E-state index in [0.29, 0.717) is 0 Å². The molecule has 6 heavy (non-hydrogen) atoms. The summed E-state index contributed by atoms with van der Waals surface area (Å²) in [5, 5.41) is 0. The highest BCUT2D eigenvalue weighted by Gasteiger charge is 2.15. The molecule has 0 atom stereocenters. The van der Waals surface area contributed by atoms with E-state index in [-0.39, 0.29) is 0 Å². The van der Waals surface area contributed by atoms with E-state index < -0.39 is 10.8 Å². The van der Waals surface area contributed by atoms with Gasteiger partial charge in [-0.2, -0.15) is 0 Å². The van der Waals surface area contributed by atoms with Crippen molar-refractivity contribution >= 4 is 10.8 Å². The first-order valence-electron chi connectivity index (χ1n) is 1.82. The first kappa shape index (κ1) is 4.27. The summed E-state index contributed by atoms with van der Waals surface area (Å²) in [4.78, 5) is 2.02. The first-order valence-corrected chi connectivity index (χ1v) is 3.31. The van der Waals surface area contributed by atoms with Crippen molar-refractivity contribution in [2.24, 2.45) is 0 Å². The molecule has 0 aliphatic carbocycles. The molecule has 1 fully saturated rings. The van der Waals surface area contributed by atoms with Gasteiger partial charge in [0.25, 0.3) is 0 Å². The standard InChI is InChI=1S/C3H7NOS/c1-4-2-6(5)3-4/h2-3H2,1H3. The maximum atomic E-state index is 10.2. The third-order valence-electron chi connectivity index (χ3n) is 0.729. The lowest BCUT2D eigenvalue weighted by Crippen LogP contribution is -2.38. The maximum absolute atomic E-state index is 10.2. The summed E-state index contributed by atoms with van der Waals surface area (Å²) in [7, 11) is 1.46. The zero-order chi connectivity index (χ0) is 4.57. The SMILES string of the molecule is CN1CS(=O)C1. The van der Waals surface area contributed by atoms with Gasteiger partial charge in [-0.25, -0.2) is 0 Å². The van der Waals surface area contributed by atoms with Crippen molar-refractivity contribution in [1.82, 2.24) is 4.90 Å². The minimum Gasteiger partial charge on any atom is -0.283 e. The molecule has 0 amide bonds. The van der Waals surface area contributed by atoms with E-state index in [1.165, 1.54) is 0 Å².